The smallest absolute Gasteiger partial charge is 0.323 e. The zero-order chi connectivity index (χ0) is 19.8. The number of aromatic nitrogens is 5. The molecule has 0 amide bonds. The molecule has 144 valence electrons. The van der Waals surface area contributed by atoms with Gasteiger partial charge in [-0.3, -0.25) is 18.9 Å². The molecule has 4 aromatic rings. The van der Waals surface area contributed by atoms with Crippen LogP contribution in [0.4, 0.5) is 0 Å². The first-order valence-electron chi connectivity index (χ1n) is 9.09. The number of benzene rings is 1. The summed E-state index contributed by atoms with van der Waals surface area (Å²) in [5.41, 5.74) is 2.34. The van der Waals surface area contributed by atoms with Crippen molar-refractivity contribution in [3.63, 3.8) is 0 Å². The number of nitrogens with zero attached hydrogens (tertiary/aromatic N) is 6. The molecule has 0 unspecified atom stereocenters. The number of hydrogen-bond acceptors (Lipinski definition) is 5. The highest BCUT2D eigenvalue weighted by Gasteiger charge is 2.14. The van der Waals surface area contributed by atoms with E-state index >= 15 is 0 Å². The molecule has 4 rings (SSSR count). The van der Waals surface area contributed by atoms with Gasteiger partial charge in [-0.05, 0) is 18.7 Å². The van der Waals surface area contributed by atoms with Crippen molar-refractivity contribution in [1.82, 2.24) is 28.6 Å². The van der Waals surface area contributed by atoms with Gasteiger partial charge in [-0.15, -0.1) is 0 Å². The maximum absolute atomic E-state index is 12.5. The number of imidazole rings is 1. The van der Waals surface area contributed by atoms with Crippen LogP contribution >= 0.6 is 0 Å². The van der Waals surface area contributed by atoms with Gasteiger partial charge in [-0.2, -0.15) is 0 Å². The number of aryl methyl sites for hydroxylation is 1. The van der Waals surface area contributed by atoms with Gasteiger partial charge in [0, 0.05) is 45.3 Å². The van der Waals surface area contributed by atoms with Gasteiger partial charge in [0.15, 0.2) is 11.2 Å². The van der Waals surface area contributed by atoms with Gasteiger partial charge in [0.05, 0.1) is 11.8 Å². The largest absolute Gasteiger partial charge is 0.332 e. The molecule has 8 nitrogen and oxygen atoms in total. The van der Waals surface area contributed by atoms with E-state index < -0.39 is 0 Å². The normalized spacial score (nSPS) is 11.7. The van der Waals surface area contributed by atoms with Crippen LogP contribution in [0.25, 0.3) is 22.1 Å². The zero-order valence-electron chi connectivity index (χ0n) is 16.2. The Morgan fingerprint density at radius 2 is 1.82 bits per heavy atom. The molecule has 0 saturated carbocycles. The van der Waals surface area contributed by atoms with E-state index in [-0.39, 0.29) is 11.2 Å². The number of pyridine rings is 1. The summed E-state index contributed by atoms with van der Waals surface area (Å²) in [7, 11) is 5.15. The number of hydrogen-bond donors (Lipinski definition) is 0. The van der Waals surface area contributed by atoms with Crippen LogP contribution in [-0.2, 0) is 27.2 Å². The van der Waals surface area contributed by atoms with E-state index in [2.05, 4.69) is 33.1 Å². The molecule has 0 saturated heterocycles. The molecule has 0 atom stereocenters. The number of rotatable bonds is 5. The molecule has 0 aliphatic heterocycles. The SMILES string of the molecule is CN(CCn1cnc2c1c(=O)n(C)c(=O)n2C)Cc1cccc2cccnc12. The third kappa shape index (κ3) is 3.01. The third-order valence-electron chi connectivity index (χ3n) is 5.10. The minimum absolute atomic E-state index is 0.323. The van der Waals surface area contributed by atoms with Gasteiger partial charge in [0.1, 0.15) is 0 Å². The van der Waals surface area contributed by atoms with Crippen LogP contribution in [0.1, 0.15) is 5.56 Å². The quantitative estimate of drug-likeness (QED) is 0.520. The van der Waals surface area contributed by atoms with E-state index in [0.717, 1.165) is 34.1 Å². The Labute approximate surface area is 161 Å². The van der Waals surface area contributed by atoms with Crippen LogP contribution in [-0.4, -0.2) is 42.2 Å². The Bertz CT molecular complexity index is 1280. The van der Waals surface area contributed by atoms with Crippen LogP contribution in [0, 0.1) is 0 Å². The summed E-state index contributed by atoms with van der Waals surface area (Å²) in [6.45, 7) is 2.07. The van der Waals surface area contributed by atoms with Crippen molar-refractivity contribution in [2.24, 2.45) is 14.1 Å². The molecule has 3 heterocycles. The predicted octanol–water partition coefficient (Wildman–Crippen LogP) is 1.11. The Kier molecular flexibility index (Phi) is 4.56. The van der Waals surface area contributed by atoms with Gasteiger partial charge >= 0.3 is 5.69 Å². The highest BCUT2D eigenvalue weighted by atomic mass is 16.2. The summed E-state index contributed by atoms with van der Waals surface area (Å²) in [6.07, 6.45) is 3.43. The van der Waals surface area contributed by atoms with Crippen molar-refractivity contribution in [1.29, 1.82) is 0 Å². The fourth-order valence-corrected chi connectivity index (χ4v) is 3.51. The first-order chi connectivity index (χ1) is 13.5. The third-order valence-corrected chi connectivity index (χ3v) is 5.10. The van der Waals surface area contributed by atoms with Crippen molar-refractivity contribution < 1.29 is 0 Å². The highest BCUT2D eigenvalue weighted by molar-refractivity contribution is 5.81. The molecule has 0 spiro atoms. The first kappa shape index (κ1) is 18.1. The Balaban J connectivity index is 1.56. The molecular weight excluding hydrogens is 356 g/mol. The van der Waals surface area contributed by atoms with Gasteiger partial charge in [-0.1, -0.05) is 24.3 Å². The standard InChI is InChI=1S/C20H22N6O2/c1-23(12-15-7-4-6-14-8-5-9-21-16(14)15)10-11-26-13-22-18-17(26)19(27)25(3)20(28)24(18)2/h4-9,13H,10-12H2,1-3H3. The lowest BCUT2D eigenvalue weighted by atomic mass is 10.1. The second-order valence-electron chi connectivity index (χ2n) is 7.05. The fraction of sp³-hybridized carbons (Fsp3) is 0.300. The Hall–Kier alpha value is -3.26. The summed E-state index contributed by atoms with van der Waals surface area (Å²) in [5.74, 6) is 0. The predicted molar refractivity (Wildman–Crippen MR) is 108 cm³/mol. The van der Waals surface area contributed by atoms with Gasteiger partial charge < -0.3 is 9.47 Å². The first-order valence-corrected chi connectivity index (χ1v) is 9.09. The monoisotopic (exact) mass is 378 g/mol. The molecule has 28 heavy (non-hydrogen) atoms. The van der Waals surface area contributed by atoms with Crippen LogP contribution in [0.15, 0.2) is 52.4 Å². The molecule has 0 aliphatic carbocycles. The van der Waals surface area contributed by atoms with Gasteiger partial charge in [-0.25, -0.2) is 9.78 Å². The maximum Gasteiger partial charge on any atom is 0.332 e. The lowest BCUT2D eigenvalue weighted by Gasteiger charge is -2.18. The number of likely N-dealkylation sites (N-methyl/N-ethyl adjacent to an activating group) is 1. The lowest BCUT2D eigenvalue weighted by molar-refractivity contribution is 0.314. The van der Waals surface area contributed by atoms with E-state index in [1.165, 1.54) is 11.6 Å². The highest BCUT2D eigenvalue weighted by Crippen LogP contribution is 2.17. The van der Waals surface area contributed by atoms with Crippen molar-refractivity contribution in [2.45, 2.75) is 13.1 Å². The Morgan fingerprint density at radius 1 is 1.04 bits per heavy atom. The van der Waals surface area contributed by atoms with Crippen molar-refractivity contribution >= 4 is 22.1 Å². The topological polar surface area (TPSA) is 78.0 Å². The van der Waals surface area contributed by atoms with Crippen LogP contribution in [0.2, 0.25) is 0 Å². The Morgan fingerprint density at radius 3 is 2.64 bits per heavy atom. The molecule has 3 aromatic heterocycles. The van der Waals surface area contributed by atoms with E-state index in [0.29, 0.717) is 17.7 Å². The van der Waals surface area contributed by atoms with E-state index in [9.17, 15) is 9.59 Å². The molecule has 0 aliphatic rings. The summed E-state index contributed by atoms with van der Waals surface area (Å²) in [4.78, 5) is 35.5. The second-order valence-corrected chi connectivity index (χ2v) is 7.05. The average Bonchev–Trinajstić information content (AvgIpc) is 3.13. The zero-order valence-corrected chi connectivity index (χ0v) is 16.2. The molecule has 0 bridgehead atoms. The molecule has 0 N–H and O–H groups in total. The van der Waals surface area contributed by atoms with Crippen molar-refractivity contribution in [3.8, 4) is 0 Å². The number of para-hydroxylation sites is 1. The van der Waals surface area contributed by atoms with Crippen molar-refractivity contribution in [2.75, 3.05) is 13.6 Å². The summed E-state index contributed by atoms with van der Waals surface area (Å²) in [5, 5.41) is 1.12. The molecule has 0 fully saturated rings. The van der Waals surface area contributed by atoms with Gasteiger partial charge in [0.25, 0.3) is 5.56 Å². The summed E-state index contributed by atoms with van der Waals surface area (Å²) < 4.78 is 4.33. The average molecular weight is 378 g/mol. The lowest BCUT2D eigenvalue weighted by Crippen LogP contribution is -2.37. The van der Waals surface area contributed by atoms with E-state index in [1.807, 2.05) is 29.9 Å². The second kappa shape index (κ2) is 7.05. The van der Waals surface area contributed by atoms with Crippen LogP contribution < -0.4 is 11.2 Å². The summed E-state index contributed by atoms with van der Waals surface area (Å²) in [6, 6.07) is 10.2. The molecule has 1 aromatic carbocycles. The van der Waals surface area contributed by atoms with Crippen LogP contribution in [0.5, 0.6) is 0 Å². The van der Waals surface area contributed by atoms with E-state index in [1.54, 1.807) is 13.4 Å². The van der Waals surface area contributed by atoms with Gasteiger partial charge in [0.2, 0.25) is 0 Å². The van der Waals surface area contributed by atoms with Crippen LogP contribution in [0.3, 0.4) is 0 Å². The minimum Gasteiger partial charge on any atom is -0.323 e. The molecule has 8 heteroatoms. The van der Waals surface area contributed by atoms with Crippen molar-refractivity contribution in [3.05, 3.63) is 69.3 Å². The minimum atomic E-state index is -0.372. The number of fused-ring (bicyclic) bond motifs is 2. The fourth-order valence-electron chi connectivity index (χ4n) is 3.51. The van der Waals surface area contributed by atoms with E-state index in [4.69, 9.17) is 0 Å². The summed E-state index contributed by atoms with van der Waals surface area (Å²) >= 11 is 0. The molecule has 0 radical (unpaired) electrons. The maximum atomic E-state index is 12.5. The molecular formula is C20H22N6O2.